The number of hydrogen-bond acceptors (Lipinski definition) is 4. The van der Waals surface area contributed by atoms with Gasteiger partial charge < -0.3 is 20.7 Å². The van der Waals surface area contributed by atoms with E-state index >= 15 is 0 Å². The fraction of sp³-hybridized carbons (Fsp3) is 0.909. The Balaban J connectivity index is 2.13. The number of amidine groups is 1. The Morgan fingerprint density at radius 1 is 1.44 bits per heavy atom. The highest BCUT2D eigenvalue weighted by Crippen LogP contribution is 2.14. The number of nitrogens with two attached hydrogens (primary N) is 1. The lowest BCUT2D eigenvalue weighted by Gasteiger charge is -2.35. The number of likely N-dealkylation sites (tertiary alicyclic amines) is 1. The summed E-state index contributed by atoms with van der Waals surface area (Å²) in [6.45, 7) is 3.38. The van der Waals surface area contributed by atoms with Crippen molar-refractivity contribution in [2.24, 2.45) is 10.9 Å². The summed E-state index contributed by atoms with van der Waals surface area (Å²) in [5.41, 5.74) is 5.43. The molecule has 5 nitrogen and oxygen atoms in total. The van der Waals surface area contributed by atoms with Crippen molar-refractivity contribution < 1.29 is 5.21 Å². The van der Waals surface area contributed by atoms with Gasteiger partial charge in [0.2, 0.25) is 0 Å². The first kappa shape index (κ1) is 13.3. The molecule has 0 aliphatic carbocycles. The minimum absolute atomic E-state index is 0.336. The molecule has 1 saturated heterocycles. The third-order valence-electron chi connectivity index (χ3n) is 3.32. The molecule has 5 heteroatoms. The summed E-state index contributed by atoms with van der Waals surface area (Å²) in [6.07, 6.45) is 4.15. The lowest BCUT2D eigenvalue weighted by atomic mass is 10.0. The summed E-state index contributed by atoms with van der Waals surface area (Å²) in [5, 5.41) is 11.4. The molecule has 0 unspecified atom stereocenters. The summed E-state index contributed by atoms with van der Waals surface area (Å²) >= 11 is 0. The molecule has 94 valence electrons. The van der Waals surface area contributed by atoms with Gasteiger partial charge in [0.15, 0.2) is 0 Å². The van der Waals surface area contributed by atoms with Gasteiger partial charge in [-0.05, 0) is 53.0 Å². The van der Waals surface area contributed by atoms with Crippen molar-refractivity contribution in [1.82, 2.24) is 9.80 Å². The van der Waals surface area contributed by atoms with Gasteiger partial charge in [-0.25, -0.2) is 0 Å². The third-order valence-corrected chi connectivity index (χ3v) is 3.32. The van der Waals surface area contributed by atoms with Crippen molar-refractivity contribution in [1.29, 1.82) is 0 Å². The van der Waals surface area contributed by atoms with Crippen LogP contribution in [-0.2, 0) is 0 Å². The van der Waals surface area contributed by atoms with E-state index in [0.717, 1.165) is 19.0 Å². The van der Waals surface area contributed by atoms with Crippen LogP contribution in [0.15, 0.2) is 5.16 Å². The van der Waals surface area contributed by atoms with Gasteiger partial charge in [0.1, 0.15) is 5.84 Å². The van der Waals surface area contributed by atoms with Crippen LogP contribution in [0, 0.1) is 0 Å². The second-order valence-electron chi connectivity index (χ2n) is 4.73. The van der Waals surface area contributed by atoms with E-state index in [1.807, 2.05) is 0 Å². The number of rotatable bonds is 5. The van der Waals surface area contributed by atoms with Crippen molar-refractivity contribution >= 4 is 5.84 Å². The Hall–Kier alpha value is -0.810. The molecular formula is C11H24N4O. The fourth-order valence-corrected chi connectivity index (χ4v) is 2.19. The predicted octanol–water partition coefficient (Wildman–Crippen LogP) is 0.539. The smallest absolute Gasteiger partial charge is 0.139 e. The van der Waals surface area contributed by atoms with Crippen LogP contribution >= 0.6 is 0 Å². The quantitative estimate of drug-likeness (QED) is 0.312. The Labute approximate surface area is 97.9 Å². The normalized spacial score (nSPS) is 20.6. The van der Waals surface area contributed by atoms with Crippen LogP contribution in [0.4, 0.5) is 0 Å². The van der Waals surface area contributed by atoms with E-state index in [1.165, 1.54) is 25.9 Å². The van der Waals surface area contributed by atoms with Crippen LogP contribution in [0.25, 0.3) is 0 Å². The highest BCUT2D eigenvalue weighted by molar-refractivity contribution is 5.79. The van der Waals surface area contributed by atoms with Crippen LogP contribution in [0.1, 0.15) is 25.7 Å². The number of nitrogens with zero attached hydrogens (tertiary/aromatic N) is 3. The van der Waals surface area contributed by atoms with Crippen LogP contribution in [-0.4, -0.2) is 60.6 Å². The molecule has 0 atom stereocenters. The van der Waals surface area contributed by atoms with E-state index in [9.17, 15) is 0 Å². The fourth-order valence-electron chi connectivity index (χ4n) is 2.19. The van der Waals surface area contributed by atoms with Gasteiger partial charge in [0, 0.05) is 12.5 Å². The average molecular weight is 228 g/mol. The van der Waals surface area contributed by atoms with Gasteiger partial charge in [-0.2, -0.15) is 0 Å². The van der Waals surface area contributed by atoms with Crippen LogP contribution in [0.2, 0.25) is 0 Å². The third kappa shape index (κ3) is 4.37. The standard InChI is InChI=1S/C11H24N4O/c1-14(2)10-5-8-15(9-6-10)7-3-4-11(12)13-16/h10,16H,3-9H2,1-2H3,(H2,12,13). The van der Waals surface area contributed by atoms with Gasteiger partial charge >= 0.3 is 0 Å². The molecule has 16 heavy (non-hydrogen) atoms. The van der Waals surface area contributed by atoms with Gasteiger partial charge in [-0.1, -0.05) is 5.16 Å². The Kier molecular flexibility index (Phi) is 5.55. The zero-order chi connectivity index (χ0) is 12.0. The van der Waals surface area contributed by atoms with Crippen molar-refractivity contribution in [3.63, 3.8) is 0 Å². The molecule has 0 amide bonds. The number of oxime groups is 1. The first-order valence-corrected chi connectivity index (χ1v) is 5.98. The first-order chi connectivity index (χ1) is 7.63. The summed E-state index contributed by atoms with van der Waals surface area (Å²) in [6, 6.07) is 0.736. The number of piperidine rings is 1. The maximum atomic E-state index is 8.41. The second-order valence-corrected chi connectivity index (χ2v) is 4.73. The van der Waals surface area contributed by atoms with Crippen molar-refractivity contribution in [2.75, 3.05) is 33.7 Å². The molecule has 0 saturated carbocycles. The zero-order valence-electron chi connectivity index (χ0n) is 10.4. The second kappa shape index (κ2) is 6.70. The van der Waals surface area contributed by atoms with Crippen LogP contribution in [0.5, 0.6) is 0 Å². The Morgan fingerprint density at radius 3 is 2.56 bits per heavy atom. The van der Waals surface area contributed by atoms with Crippen molar-refractivity contribution in [2.45, 2.75) is 31.7 Å². The van der Waals surface area contributed by atoms with E-state index in [0.29, 0.717) is 12.3 Å². The molecule has 1 fully saturated rings. The minimum Gasteiger partial charge on any atom is -0.409 e. The summed E-state index contributed by atoms with van der Waals surface area (Å²) in [5.74, 6) is 0.336. The molecule has 0 aromatic carbocycles. The monoisotopic (exact) mass is 228 g/mol. The van der Waals surface area contributed by atoms with Gasteiger partial charge in [0.05, 0.1) is 0 Å². The molecule has 0 bridgehead atoms. The van der Waals surface area contributed by atoms with E-state index in [-0.39, 0.29) is 0 Å². The summed E-state index contributed by atoms with van der Waals surface area (Å²) in [7, 11) is 4.30. The summed E-state index contributed by atoms with van der Waals surface area (Å²) < 4.78 is 0. The molecule has 0 aromatic heterocycles. The minimum atomic E-state index is 0.336. The lowest BCUT2D eigenvalue weighted by molar-refractivity contribution is 0.144. The Bertz CT molecular complexity index is 222. The molecular weight excluding hydrogens is 204 g/mol. The van der Waals surface area contributed by atoms with Gasteiger partial charge in [-0.15, -0.1) is 0 Å². The molecule has 0 aromatic rings. The number of hydrogen-bond donors (Lipinski definition) is 2. The molecule has 1 aliphatic rings. The Morgan fingerprint density at radius 2 is 2.06 bits per heavy atom. The summed E-state index contributed by atoms with van der Waals surface area (Å²) in [4.78, 5) is 4.78. The molecule has 1 rings (SSSR count). The highest BCUT2D eigenvalue weighted by atomic mass is 16.4. The van der Waals surface area contributed by atoms with E-state index in [2.05, 4.69) is 29.1 Å². The van der Waals surface area contributed by atoms with E-state index < -0.39 is 0 Å². The maximum Gasteiger partial charge on any atom is 0.139 e. The highest BCUT2D eigenvalue weighted by Gasteiger charge is 2.19. The largest absolute Gasteiger partial charge is 0.409 e. The molecule has 1 aliphatic heterocycles. The van der Waals surface area contributed by atoms with Crippen LogP contribution < -0.4 is 5.73 Å². The molecule has 3 N–H and O–H groups in total. The van der Waals surface area contributed by atoms with E-state index in [4.69, 9.17) is 10.9 Å². The molecule has 1 heterocycles. The zero-order valence-corrected chi connectivity index (χ0v) is 10.4. The van der Waals surface area contributed by atoms with Gasteiger partial charge in [0.25, 0.3) is 0 Å². The van der Waals surface area contributed by atoms with Gasteiger partial charge in [-0.3, -0.25) is 0 Å². The van der Waals surface area contributed by atoms with E-state index in [1.54, 1.807) is 0 Å². The average Bonchev–Trinajstić information content (AvgIpc) is 2.29. The predicted molar refractivity (Wildman–Crippen MR) is 65.8 cm³/mol. The molecule has 0 spiro atoms. The van der Waals surface area contributed by atoms with Crippen molar-refractivity contribution in [3.8, 4) is 0 Å². The topological polar surface area (TPSA) is 65.1 Å². The SMILES string of the molecule is CN(C)C1CCN(CCC/C(N)=N/O)CC1. The van der Waals surface area contributed by atoms with Crippen molar-refractivity contribution in [3.05, 3.63) is 0 Å². The lowest BCUT2D eigenvalue weighted by Crippen LogP contribution is -2.42. The molecule has 0 radical (unpaired) electrons. The first-order valence-electron chi connectivity index (χ1n) is 5.98. The van der Waals surface area contributed by atoms with Crippen LogP contribution in [0.3, 0.4) is 0 Å². The maximum absolute atomic E-state index is 8.41.